The van der Waals surface area contributed by atoms with Crippen molar-refractivity contribution in [2.75, 3.05) is 11.0 Å². The van der Waals surface area contributed by atoms with Crippen LogP contribution in [0.4, 0.5) is 5.69 Å². The maximum Gasteiger partial charge on any atom is 0.229 e. The van der Waals surface area contributed by atoms with Crippen LogP contribution in [0.5, 0.6) is 0 Å². The van der Waals surface area contributed by atoms with Gasteiger partial charge in [0.1, 0.15) is 0 Å². The zero-order chi connectivity index (χ0) is 19.7. The second-order valence-corrected chi connectivity index (χ2v) is 9.06. The van der Waals surface area contributed by atoms with Crippen LogP contribution in [0.3, 0.4) is 0 Å². The van der Waals surface area contributed by atoms with E-state index in [4.69, 9.17) is 0 Å². The molecule has 0 spiro atoms. The van der Waals surface area contributed by atoms with Gasteiger partial charge in [-0.05, 0) is 76.9 Å². The molecule has 0 aliphatic heterocycles. The highest BCUT2D eigenvalue weighted by molar-refractivity contribution is 7.92. The summed E-state index contributed by atoms with van der Waals surface area (Å²) in [6.07, 6.45) is 5.36. The summed E-state index contributed by atoms with van der Waals surface area (Å²) in [6.45, 7) is 2.17. The first-order chi connectivity index (χ1) is 13.4. The molecule has 3 aromatic rings. The predicted octanol–water partition coefficient (Wildman–Crippen LogP) is 5.05. The standard InChI is InChI=1S/C24H23NO2S/c1-17-7-5-12-23-21(17)14-13-19-9-3-4-11-22(19)24(23)16-18-8-6-10-20(15-18)25-28(2,26)27/h3-12,15-16,25H,13-14H2,1-2H3. The van der Waals surface area contributed by atoms with Gasteiger partial charge in [-0.1, -0.05) is 54.6 Å². The van der Waals surface area contributed by atoms with Crippen molar-refractivity contribution in [2.24, 2.45) is 0 Å². The molecule has 1 N–H and O–H groups in total. The topological polar surface area (TPSA) is 46.2 Å². The van der Waals surface area contributed by atoms with Crippen LogP contribution in [0, 0.1) is 6.92 Å². The Morgan fingerprint density at radius 1 is 0.893 bits per heavy atom. The van der Waals surface area contributed by atoms with E-state index in [2.05, 4.69) is 60.2 Å². The number of benzene rings is 3. The summed E-state index contributed by atoms with van der Waals surface area (Å²) in [4.78, 5) is 0. The number of anilines is 1. The van der Waals surface area contributed by atoms with Gasteiger partial charge in [0.25, 0.3) is 0 Å². The van der Waals surface area contributed by atoms with Crippen LogP contribution in [-0.4, -0.2) is 14.7 Å². The van der Waals surface area contributed by atoms with Crippen LogP contribution in [0.2, 0.25) is 0 Å². The summed E-state index contributed by atoms with van der Waals surface area (Å²) >= 11 is 0. The van der Waals surface area contributed by atoms with Crippen molar-refractivity contribution in [3.8, 4) is 0 Å². The maximum atomic E-state index is 11.6. The molecule has 1 aliphatic carbocycles. The molecule has 0 heterocycles. The lowest BCUT2D eigenvalue weighted by atomic mass is 9.91. The first-order valence-electron chi connectivity index (χ1n) is 9.37. The summed E-state index contributed by atoms with van der Waals surface area (Å²) in [5.41, 5.74) is 9.26. The third kappa shape index (κ3) is 3.87. The summed E-state index contributed by atoms with van der Waals surface area (Å²) in [7, 11) is -3.31. The van der Waals surface area contributed by atoms with E-state index in [1.54, 1.807) is 6.07 Å². The van der Waals surface area contributed by atoms with E-state index < -0.39 is 10.0 Å². The molecule has 0 aromatic heterocycles. The lowest BCUT2D eigenvalue weighted by molar-refractivity contribution is 0.607. The second-order valence-electron chi connectivity index (χ2n) is 7.32. The minimum absolute atomic E-state index is 0.572. The zero-order valence-electron chi connectivity index (χ0n) is 16.1. The first kappa shape index (κ1) is 18.5. The summed E-state index contributed by atoms with van der Waals surface area (Å²) in [6, 6.07) is 22.5. The van der Waals surface area contributed by atoms with Gasteiger partial charge >= 0.3 is 0 Å². The molecule has 0 atom stereocenters. The van der Waals surface area contributed by atoms with Gasteiger partial charge in [0, 0.05) is 5.69 Å². The van der Waals surface area contributed by atoms with Crippen LogP contribution in [-0.2, 0) is 22.9 Å². The van der Waals surface area contributed by atoms with Crippen molar-refractivity contribution in [1.82, 2.24) is 0 Å². The third-order valence-corrected chi connectivity index (χ3v) is 5.76. The van der Waals surface area contributed by atoms with Gasteiger partial charge in [-0.25, -0.2) is 8.42 Å². The van der Waals surface area contributed by atoms with Crippen LogP contribution in [0.25, 0.3) is 11.6 Å². The molecule has 0 unspecified atom stereocenters. The Morgan fingerprint density at radius 2 is 1.64 bits per heavy atom. The van der Waals surface area contributed by atoms with Crippen molar-refractivity contribution in [2.45, 2.75) is 19.8 Å². The first-order valence-corrected chi connectivity index (χ1v) is 11.3. The van der Waals surface area contributed by atoms with Gasteiger partial charge in [0.2, 0.25) is 10.0 Å². The molecule has 3 nitrogen and oxygen atoms in total. The SMILES string of the molecule is Cc1cccc2c1CCc1ccccc1C2=Cc1cccc(NS(C)(=O)=O)c1. The quantitative estimate of drug-likeness (QED) is 0.681. The number of nitrogens with one attached hydrogen (secondary N) is 1. The Balaban J connectivity index is 1.89. The van der Waals surface area contributed by atoms with E-state index >= 15 is 0 Å². The van der Waals surface area contributed by atoms with E-state index in [0.29, 0.717) is 5.69 Å². The molecule has 142 valence electrons. The molecule has 1 aliphatic rings. The maximum absolute atomic E-state index is 11.6. The molecule has 0 bridgehead atoms. The smallest absolute Gasteiger partial charge is 0.229 e. The highest BCUT2D eigenvalue weighted by atomic mass is 32.2. The molecule has 0 saturated heterocycles. The van der Waals surface area contributed by atoms with Crippen molar-refractivity contribution >= 4 is 27.4 Å². The van der Waals surface area contributed by atoms with Gasteiger partial charge in [0.15, 0.2) is 0 Å². The van der Waals surface area contributed by atoms with Gasteiger partial charge in [-0.3, -0.25) is 4.72 Å². The van der Waals surface area contributed by atoms with Crippen molar-refractivity contribution in [3.05, 3.63) is 100 Å². The number of rotatable bonds is 3. The molecule has 28 heavy (non-hydrogen) atoms. The lowest BCUT2D eigenvalue weighted by Crippen LogP contribution is -2.09. The molecule has 0 radical (unpaired) electrons. The predicted molar refractivity (Wildman–Crippen MR) is 117 cm³/mol. The minimum Gasteiger partial charge on any atom is -0.284 e. The number of fused-ring (bicyclic) bond motifs is 2. The Kier molecular flexibility index (Phi) is 4.82. The van der Waals surface area contributed by atoms with Gasteiger partial charge in [0.05, 0.1) is 6.26 Å². The van der Waals surface area contributed by atoms with E-state index in [1.165, 1.54) is 39.6 Å². The van der Waals surface area contributed by atoms with Gasteiger partial charge in [-0.2, -0.15) is 0 Å². The van der Waals surface area contributed by atoms with Crippen LogP contribution in [0.1, 0.15) is 33.4 Å². The molecule has 4 heteroatoms. The largest absolute Gasteiger partial charge is 0.284 e. The molecule has 0 saturated carbocycles. The summed E-state index contributed by atoms with van der Waals surface area (Å²) in [5, 5.41) is 0. The van der Waals surface area contributed by atoms with Crippen LogP contribution in [0.15, 0.2) is 66.7 Å². The molecular formula is C24H23NO2S. The van der Waals surface area contributed by atoms with E-state index in [0.717, 1.165) is 18.4 Å². The fourth-order valence-electron chi connectivity index (χ4n) is 3.92. The molecule has 0 fully saturated rings. The highest BCUT2D eigenvalue weighted by Crippen LogP contribution is 2.36. The Morgan fingerprint density at radius 3 is 2.46 bits per heavy atom. The number of hydrogen-bond donors (Lipinski definition) is 1. The average Bonchev–Trinajstić information content (AvgIpc) is 2.79. The van der Waals surface area contributed by atoms with Gasteiger partial charge in [-0.15, -0.1) is 0 Å². The third-order valence-electron chi connectivity index (χ3n) is 5.15. The van der Waals surface area contributed by atoms with Crippen LogP contribution >= 0.6 is 0 Å². The molecular weight excluding hydrogens is 366 g/mol. The average molecular weight is 390 g/mol. The van der Waals surface area contributed by atoms with E-state index in [1.807, 2.05) is 18.2 Å². The van der Waals surface area contributed by atoms with E-state index in [-0.39, 0.29) is 0 Å². The number of aryl methyl sites for hydroxylation is 2. The van der Waals surface area contributed by atoms with E-state index in [9.17, 15) is 8.42 Å². The fraction of sp³-hybridized carbons (Fsp3) is 0.167. The molecule has 4 rings (SSSR count). The van der Waals surface area contributed by atoms with Crippen molar-refractivity contribution in [1.29, 1.82) is 0 Å². The Hall–Kier alpha value is -2.85. The lowest BCUT2D eigenvalue weighted by Gasteiger charge is -2.14. The second kappa shape index (κ2) is 7.28. The Labute approximate surface area is 166 Å². The minimum atomic E-state index is -3.31. The molecule has 3 aromatic carbocycles. The fourth-order valence-corrected chi connectivity index (χ4v) is 4.48. The normalized spacial score (nSPS) is 14.9. The zero-order valence-corrected chi connectivity index (χ0v) is 16.9. The van der Waals surface area contributed by atoms with Crippen molar-refractivity contribution in [3.63, 3.8) is 0 Å². The van der Waals surface area contributed by atoms with Crippen LogP contribution < -0.4 is 4.72 Å². The summed E-state index contributed by atoms with van der Waals surface area (Å²) in [5.74, 6) is 0. The molecule has 0 amide bonds. The monoisotopic (exact) mass is 389 g/mol. The highest BCUT2D eigenvalue weighted by Gasteiger charge is 2.19. The number of sulfonamides is 1. The van der Waals surface area contributed by atoms with Gasteiger partial charge < -0.3 is 0 Å². The van der Waals surface area contributed by atoms with Crippen molar-refractivity contribution < 1.29 is 8.42 Å². The number of hydrogen-bond acceptors (Lipinski definition) is 2. The summed E-state index contributed by atoms with van der Waals surface area (Å²) < 4.78 is 25.7. The Bertz CT molecular complexity index is 1180.